The first-order valence-electron chi connectivity index (χ1n) is 7.14. The average Bonchev–Trinajstić information content (AvgIpc) is 2.32. The van der Waals surface area contributed by atoms with Crippen LogP contribution in [0.1, 0.15) is 36.1 Å². The molecule has 0 nitrogen and oxygen atoms in total. The third-order valence-electron chi connectivity index (χ3n) is 3.75. The van der Waals surface area contributed by atoms with Crippen molar-refractivity contribution in [2.45, 2.75) is 41.0 Å². The Kier molecular flexibility index (Phi) is 4.09. The van der Waals surface area contributed by atoms with Crippen molar-refractivity contribution < 1.29 is 0 Å². The van der Waals surface area contributed by atoms with Gasteiger partial charge in [-0.2, -0.15) is 0 Å². The van der Waals surface area contributed by atoms with Gasteiger partial charge in [0.1, 0.15) is 0 Å². The van der Waals surface area contributed by atoms with Crippen molar-refractivity contribution in [3.8, 4) is 11.1 Å². The van der Waals surface area contributed by atoms with Gasteiger partial charge < -0.3 is 0 Å². The standard InChI is InChI=1S/C19H24/c1-13(2)10-17-7-9-19(16(5)11-17)18-8-6-14(3)15(4)12-18/h6-9,11-13H,10H2,1-5H3. The highest BCUT2D eigenvalue weighted by atomic mass is 14.1. The van der Waals surface area contributed by atoms with Crippen molar-refractivity contribution in [3.63, 3.8) is 0 Å². The van der Waals surface area contributed by atoms with E-state index >= 15 is 0 Å². The number of benzene rings is 2. The van der Waals surface area contributed by atoms with Crippen LogP contribution in [0.15, 0.2) is 36.4 Å². The number of hydrogen-bond donors (Lipinski definition) is 0. The molecule has 0 saturated carbocycles. The molecule has 0 unspecified atom stereocenters. The molecule has 19 heavy (non-hydrogen) atoms. The fourth-order valence-electron chi connectivity index (χ4n) is 2.56. The minimum Gasteiger partial charge on any atom is -0.0625 e. The lowest BCUT2D eigenvalue weighted by Crippen LogP contribution is -1.95. The van der Waals surface area contributed by atoms with Crippen molar-refractivity contribution >= 4 is 0 Å². The third-order valence-corrected chi connectivity index (χ3v) is 3.75. The predicted molar refractivity (Wildman–Crippen MR) is 84.6 cm³/mol. The van der Waals surface area contributed by atoms with E-state index in [2.05, 4.69) is 71.0 Å². The molecule has 0 heterocycles. The molecule has 2 aromatic rings. The lowest BCUT2D eigenvalue weighted by molar-refractivity contribution is 0.647. The summed E-state index contributed by atoms with van der Waals surface area (Å²) in [4.78, 5) is 0. The molecule has 0 aliphatic carbocycles. The van der Waals surface area contributed by atoms with E-state index in [9.17, 15) is 0 Å². The van der Waals surface area contributed by atoms with Crippen molar-refractivity contribution in [2.75, 3.05) is 0 Å². The SMILES string of the molecule is Cc1ccc(-c2ccc(CC(C)C)cc2C)cc1C. The van der Waals surface area contributed by atoms with E-state index in [1.807, 2.05) is 0 Å². The van der Waals surface area contributed by atoms with Gasteiger partial charge >= 0.3 is 0 Å². The Labute approximate surface area is 117 Å². The lowest BCUT2D eigenvalue weighted by atomic mass is 9.93. The van der Waals surface area contributed by atoms with Gasteiger partial charge in [-0.1, -0.05) is 50.2 Å². The van der Waals surface area contributed by atoms with E-state index < -0.39 is 0 Å². The molecule has 0 fully saturated rings. The summed E-state index contributed by atoms with van der Waals surface area (Å²) in [6, 6.07) is 13.6. The molecule has 2 rings (SSSR count). The highest BCUT2D eigenvalue weighted by molar-refractivity contribution is 5.68. The summed E-state index contributed by atoms with van der Waals surface area (Å²) < 4.78 is 0. The number of aryl methyl sites for hydroxylation is 3. The molecule has 0 aliphatic heterocycles. The molecule has 0 aliphatic rings. The van der Waals surface area contributed by atoms with Crippen LogP contribution >= 0.6 is 0 Å². The van der Waals surface area contributed by atoms with Gasteiger partial charge in [0.15, 0.2) is 0 Å². The minimum absolute atomic E-state index is 0.715. The molecule has 0 atom stereocenters. The van der Waals surface area contributed by atoms with Gasteiger partial charge in [0.25, 0.3) is 0 Å². The zero-order chi connectivity index (χ0) is 14.0. The zero-order valence-electron chi connectivity index (χ0n) is 12.7. The Bertz CT molecular complexity index is 577. The maximum absolute atomic E-state index is 2.34. The highest BCUT2D eigenvalue weighted by Gasteiger charge is 2.05. The Morgan fingerprint density at radius 1 is 0.789 bits per heavy atom. The molecule has 0 amide bonds. The van der Waals surface area contributed by atoms with Crippen LogP contribution in [-0.2, 0) is 6.42 Å². The predicted octanol–water partition coefficient (Wildman–Crippen LogP) is 5.48. The molecule has 0 N–H and O–H groups in total. The minimum atomic E-state index is 0.715. The van der Waals surface area contributed by atoms with Gasteiger partial charge in [0.2, 0.25) is 0 Å². The Balaban J connectivity index is 2.37. The van der Waals surface area contributed by atoms with E-state index in [0.717, 1.165) is 6.42 Å². The van der Waals surface area contributed by atoms with Crippen LogP contribution in [0, 0.1) is 26.7 Å². The average molecular weight is 252 g/mol. The smallest absolute Gasteiger partial charge is 0.0154 e. The van der Waals surface area contributed by atoms with Crippen molar-refractivity contribution in [1.29, 1.82) is 0 Å². The first kappa shape index (κ1) is 13.9. The molecular formula is C19H24. The summed E-state index contributed by atoms with van der Waals surface area (Å²) in [6.45, 7) is 11.1. The van der Waals surface area contributed by atoms with Gasteiger partial charge in [-0.3, -0.25) is 0 Å². The van der Waals surface area contributed by atoms with E-state index in [4.69, 9.17) is 0 Å². The van der Waals surface area contributed by atoms with Crippen LogP contribution in [0.25, 0.3) is 11.1 Å². The molecule has 0 heteroatoms. The molecule has 0 saturated heterocycles. The van der Waals surface area contributed by atoms with Gasteiger partial charge in [0.05, 0.1) is 0 Å². The molecule has 0 spiro atoms. The van der Waals surface area contributed by atoms with Gasteiger partial charge in [-0.25, -0.2) is 0 Å². The van der Waals surface area contributed by atoms with Gasteiger partial charge in [-0.15, -0.1) is 0 Å². The molecule has 100 valence electrons. The number of rotatable bonds is 3. The van der Waals surface area contributed by atoms with Crippen LogP contribution in [0.3, 0.4) is 0 Å². The summed E-state index contributed by atoms with van der Waals surface area (Å²) >= 11 is 0. The lowest BCUT2D eigenvalue weighted by Gasteiger charge is -2.12. The number of hydrogen-bond acceptors (Lipinski definition) is 0. The summed E-state index contributed by atoms with van der Waals surface area (Å²) in [5.41, 5.74) is 8.23. The van der Waals surface area contributed by atoms with Crippen molar-refractivity contribution in [3.05, 3.63) is 58.7 Å². The summed E-state index contributed by atoms with van der Waals surface area (Å²) in [5.74, 6) is 0.715. The quantitative estimate of drug-likeness (QED) is 0.678. The molecule has 0 radical (unpaired) electrons. The Hall–Kier alpha value is -1.56. The van der Waals surface area contributed by atoms with Crippen LogP contribution in [-0.4, -0.2) is 0 Å². The first-order valence-corrected chi connectivity index (χ1v) is 7.14. The zero-order valence-corrected chi connectivity index (χ0v) is 12.7. The summed E-state index contributed by atoms with van der Waals surface area (Å²) in [5, 5.41) is 0. The second kappa shape index (κ2) is 5.61. The van der Waals surface area contributed by atoms with E-state index in [-0.39, 0.29) is 0 Å². The Morgan fingerprint density at radius 2 is 1.53 bits per heavy atom. The van der Waals surface area contributed by atoms with Crippen LogP contribution < -0.4 is 0 Å². The van der Waals surface area contributed by atoms with Crippen molar-refractivity contribution in [1.82, 2.24) is 0 Å². The molecular weight excluding hydrogens is 228 g/mol. The van der Waals surface area contributed by atoms with Crippen LogP contribution in [0.4, 0.5) is 0 Å². The fourth-order valence-corrected chi connectivity index (χ4v) is 2.56. The molecule has 0 aromatic heterocycles. The topological polar surface area (TPSA) is 0 Å². The van der Waals surface area contributed by atoms with Crippen LogP contribution in [0.5, 0.6) is 0 Å². The fraction of sp³-hybridized carbons (Fsp3) is 0.368. The van der Waals surface area contributed by atoms with E-state index in [1.165, 1.54) is 33.4 Å². The second-order valence-corrected chi connectivity index (χ2v) is 6.05. The summed E-state index contributed by atoms with van der Waals surface area (Å²) in [7, 11) is 0. The first-order chi connectivity index (χ1) is 8.97. The highest BCUT2D eigenvalue weighted by Crippen LogP contribution is 2.26. The Morgan fingerprint density at radius 3 is 2.11 bits per heavy atom. The van der Waals surface area contributed by atoms with Crippen LogP contribution in [0.2, 0.25) is 0 Å². The third kappa shape index (κ3) is 3.26. The largest absolute Gasteiger partial charge is 0.0625 e. The van der Waals surface area contributed by atoms with Crippen molar-refractivity contribution in [2.24, 2.45) is 5.92 Å². The maximum Gasteiger partial charge on any atom is -0.0154 e. The normalized spacial score (nSPS) is 11.1. The molecule has 0 bridgehead atoms. The molecule has 2 aromatic carbocycles. The summed E-state index contributed by atoms with van der Waals surface area (Å²) in [6.07, 6.45) is 1.16. The monoisotopic (exact) mass is 252 g/mol. The van der Waals surface area contributed by atoms with E-state index in [1.54, 1.807) is 0 Å². The maximum atomic E-state index is 2.34. The van der Waals surface area contributed by atoms with Gasteiger partial charge in [0, 0.05) is 0 Å². The van der Waals surface area contributed by atoms with E-state index in [0.29, 0.717) is 5.92 Å². The van der Waals surface area contributed by atoms with Gasteiger partial charge in [-0.05, 0) is 66.5 Å². The second-order valence-electron chi connectivity index (χ2n) is 6.05.